The van der Waals surface area contributed by atoms with E-state index in [0.717, 1.165) is 12.3 Å². The number of carbonyl (C=O) groups is 2. The Morgan fingerprint density at radius 3 is 2.53 bits per heavy atom. The molecular formula is C12H19NO2. The number of Topliss-reactive ketones (excluding diaryl/α,β-unsaturated/α-hetero) is 1. The zero-order valence-electron chi connectivity index (χ0n) is 9.53. The highest BCUT2D eigenvalue weighted by Gasteiger charge is 2.40. The van der Waals surface area contributed by atoms with Crippen LogP contribution < -0.4 is 0 Å². The van der Waals surface area contributed by atoms with E-state index < -0.39 is 0 Å². The van der Waals surface area contributed by atoms with Gasteiger partial charge in [0.2, 0.25) is 5.91 Å². The maximum Gasteiger partial charge on any atom is 0.230 e. The first-order valence-corrected chi connectivity index (χ1v) is 5.94. The van der Waals surface area contributed by atoms with Crippen molar-refractivity contribution in [2.24, 2.45) is 11.8 Å². The number of rotatable bonds is 2. The van der Waals surface area contributed by atoms with Gasteiger partial charge in [-0.2, -0.15) is 0 Å². The van der Waals surface area contributed by atoms with Crippen LogP contribution in [0.3, 0.4) is 0 Å². The van der Waals surface area contributed by atoms with Crippen LogP contribution in [0, 0.1) is 11.8 Å². The lowest BCUT2D eigenvalue weighted by atomic mass is 9.93. The molecule has 1 aliphatic heterocycles. The topological polar surface area (TPSA) is 37.4 Å². The molecule has 2 fully saturated rings. The highest BCUT2D eigenvalue weighted by Crippen LogP contribution is 2.37. The van der Waals surface area contributed by atoms with Crippen molar-refractivity contribution in [1.29, 1.82) is 0 Å². The number of hydrogen-bond acceptors (Lipinski definition) is 2. The van der Waals surface area contributed by atoms with Crippen molar-refractivity contribution in [3.63, 3.8) is 0 Å². The first-order chi connectivity index (χ1) is 7.13. The maximum atomic E-state index is 11.6. The Kier molecular flexibility index (Phi) is 2.81. The summed E-state index contributed by atoms with van der Waals surface area (Å²) in [5, 5.41) is 0. The van der Waals surface area contributed by atoms with Crippen LogP contribution in [0.1, 0.15) is 39.5 Å². The SMILES string of the molecule is CCC1CCC(N2CC(=O)CC2=O)C1C. The fourth-order valence-corrected chi connectivity index (χ4v) is 3.15. The van der Waals surface area contributed by atoms with Crippen LogP contribution in [-0.4, -0.2) is 29.2 Å². The molecule has 84 valence electrons. The second-order valence-electron chi connectivity index (χ2n) is 4.91. The lowest BCUT2D eigenvalue weighted by molar-refractivity contribution is -0.130. The Morgan fingerprint density at radius 1 is 1.33 bits per heavy atom. The number of nitrogens with zero attached hydrogens (tertiary/aromatic N) is 1. The summed E-state index contributed by atoms with van der Waals surface area (Å²) >= 11 is 0. The zero-order valence-corrected chi connectivity index (χ0v) is 9.53. The summed E-state index contributed by atoms with van der Waals surface area (Å²) in [6, 6.07) is 0.328. The van der Waals surface area contributed by atoms with E-state index in [2.05, 4.69) is 13.8 Å². The van der Waals surface area contributed by atoms with Gasteiger partial charge in [-0.25, -0.2) is 0 Å². The van der Waals surface area contributed by atoms with Crippen molar-refractivity contribution in [1.82, 2.24) is 4.90 Å². The van der Waals surface area contributed by atoms with Crippen LogP contribution in [0.4, 0.5) is 0 Å². The normalized spacial score (nSPS) is 36.7. The first kappa shape index (κ1) is 10.7. The molecule has 0 spiro atoms. The van der Waals surface area contributed by atoms with Crippen molar-refractivity contribution >= 4 is 11.7 Å². The molecule has 0 N–H and O–H groups in total. The maximum absolute atomic E-state index is 11.6. The molecule has 1 saturated heterocycles. The molecule has 1 amide bonds. The van der Waals surface area contributed by atoms with Gasteiger partial charge < -0.3 is 4.90 Å². The van der Waals surface area contributed by atoms with Crippen molar-refractivity contribution < 1.29 is 9.59 Å². The van der Waals surface area contributed by atoms with Gasteiger partial charge in [0, 0.05) is 6.04 Å². The second-order valence-corrected chi connectivity index (χ2v) is 4.91. The second kappa shape index (κ2) is 3.95. The van der Waals surface area contributed by atoms with E-state index >= 15 is 0 Å². The molecule has 1 aliphatic carbocycles. The summed E-state index contributed by atoms with van der Waals surface area (Å²) in [7, 11) is 0. The van der Waals surface area contributed by atoms with Gasteiger partial charge in [-0.3, -0.25) is 9.59 Å². The van der Waals surface area contributed by atoms with Crippen molar-refractivity contribution in [2.75, 3.05) is 6.54 Å². The minimum atomic E-state index is 0.0496. The summed E-state index contributed by atoms with van der Waals surface area (Å²) in [4.78, 5) is 24.7. The van der Waals surface area contributed by atoms with Gasteiger partial charge >= 0.3 is 0 Å². The minimum Gasteiger partial charge on any atom is -0.332 e. The zero-order chi connectivity index (χ0) is 11.0. The predicted octanol–water partition coefficient (Wildman–Crippen LogP) is 1.61. The molecule has 0 radical (unpaired) electrons. The first-order valence-electron chi connectivity index (χ1n) is 5.94. The number of amides is 1. The third-order valence-corrected chi connectivity index (χ3v) is 4.12. The fraction of sp³-hybridized carbons (Fsp3) is 0.833. The van der Waals surface area contributed by atoms with E-state index in [0.29, 0.717) is 18.5 Å². The predicted molar refractivity (Wildman–Crippen MR) is 57.3 cm³/mol. The van der Waals surface area contributed by atoms with Crippen molar-refractivity contribution in [3.05, 3.63) is 0 Å². The van der Waals surface area contributed by atoms with E-state index in [1.165, 1.54) is 12.8 Å². The Labute approximate surface area is 90.8 Å². The smallest absolute Gasteiger partial charge is 0.230 e. The lowest BCUT2D eigenvalue weighted by Gasteiger charge is -2.28. The van der Waals surface area contributed by atoms with Gasteiger partial charge in [0.05, 0.1) is 13.0 Å². The van der Waals surface area contributed by atoms with Gasteiger partial charge in [-0.1, -0.05) is 20.3 Å². The van der Waals surface area contributed by atoms with Crippen molar-refractivity contribution in [2.45, 2.75) is 45.6 Å². The molecule has 2 rings (SSSR count). The molecule has 3 unspecified atom stereocenters. The van der Waals surface area contributed by atoms with Gasteiger partial charge in [0.1, 0.15) is 0 Å². The molecule has 3 atom stereocenters. The third-order valence-electron chi connectivity index (χ3n) is 4.12. The van der Waals surface area contributed by atoms with Crippen LogP contribution in [0.2, 0.25) is 0 Å². The Hall–Kier alpha value is -0.860. The number of hydrogen-bond donors (Lipinski definition) is 0. The quantitative estimate of drug-likeness (QED) is 0.648. The Bertz CT molecular complexity index is 287. The van der Waals surface area contributed by atoms with Crippen LogP contribution in [-0.2, 0) is 9.59 Å². The summed E-state index contributed by atoms with van der Waals surface area (Å²) in [5.41, 5.74) is 0. The third kappa shape index (κ3) is 1.80. The standard InChI is InChI=1S/C12H19NO2/c1-3-9-4-5-11(8(9)2)13-7-10(14)6-12(13)15/h8-9,11H,3-7H2,1-2H3. The van der Waals surface area contributed by atoms with Gasteiger partial charge in [0.15, 0.2) is 5.78 Å². The molecule has 2 aliphatic rings. The largest absolute Gasteiger partial charge is 0.332 e. The van der Waals surface area contributed by atoms with Gasteiger partial charge in [-0.15, -0.1) is 0 Å². The summed E-state index contributed by atoms with van der Waals surface area (Å²) in [6.45, 7) is 4.80. The molecule has 3 nitrogen and oxygen atoms in total. The molecule has 1 saturated carbocycles. The van der Waals surface area contributed by atoms with E-state index in [-0.39, 0.29) is 18.1 Å². The Morgan fingerprint density at radius 2 is 2.07 bits per heavy atom. The van der Waals surface area contributed by atoms with Crippen LogP contribution >= 0.6 is 0 Å². The average molecular weight is 209 g/mol. The van der Waals surface area contributed by atoms with E-state index in [1.807, 2.05) is 4.90 Å². The van der Waals surface area contributed by atoms with Gasteiger partial charge in [0.25, 0.3) is 0 Å². The van der Waals surface area contributed by atoms with E-state index in [4.69, 9.17) is 0 Å². The van der Waals surface area contributed by atoms with E-state index in [9.17, 15) is 9.59 Å². The number of ketones is 1. The van der Waals surface area contributed by atoms with Crippen molar-refractivity contribution in [3.8, 4) is 0 Å². The van der Waals surface area contributed by atoms with Crippen LogP contribution in [0.25, 0.3) is 0 Å². The van der Waals surface area contributed by atoms with Gasteiger partial charge in [-0.05, 0) is 24.7 Å². The molecule has 0 aromatic heterocycles. The molecule has 0 aromatic carbocycles. The molecule has 15 heavy (non-hydrogen) atoms. The highest BCUT2D eigenvalue weighted by atomic mass is 16.2. The summed E-state index contributed by atoms with van der Waals surface area (Å²) < 4.78 is 0. The van der Waals surface area contributed by atoms with E-state index in [1.54, 1.807) is 0 Å². The molecule has 1 heterocycles. The molecular weight excluding hydrogens is 190 g/mol. The minimum absolute atomic E-state index is 0.0496. The number of likely N-dealkylation sites (tertiary alicyclic amines) is 1. The summed E-state index contributed by atoms with van der Waals surface area (Å²) in [5.74, 6) is 1.43. The monoisotopic (exact) mass is 209 g/mol. The highest BCUT2D eigenvalue weighted by molar-refractivity contribution is 6.05. The Balaban J connectivity index is 2.06. The van der Waals surface area contributed by atoms with Crippen LogP contribution in [0.15, 0.2) is 0 Å². The lowest BCUT2D eigenvalue weighted by Crippen LogP contribution is -2.39. The summed E-state index contributed by atoms with van der Waals surface area (Å²) in [6.07, 6.45) is 3.62. The molecule has 3 heteroatoms. The number of carbonyl (C=O) groups excluding carboxylic acids is 2. The molecule has 0 aromatic rings. The van der Waals surface area contributed by atoms with Crippen LogP contribution in [0.5, 0.6) is 0 Å². The molecule has 0 bridgehead atoms. The average Bonchev–Trinajstić information content (AvgIpc) is 2.69. The fourth-order valence-electron chi connectivity index (χ4n) is 3.15.